The van der Waals surface area contributed by atoms with E-state index in [1.54, 1.807) is 6.07 Å². The number of nitrogens with two attached hydrogens (primary N) is 1. The fourth-order valence-electron chi connectivity index (χ4n) is 1.40. The van der Waals surface area contributed by atoms with Crippen molar-refractivity contribution in [3.8, 4) is 18.1 Å². The fraction of sp³-hybridized carbons (Fsp3) is 0.385. The maximum atomic E-state index is 13.0. The minimum Gasteiger partial charge on any atom is -0.493 e. The Bertz CT molecular complexity index is 371. The lowest BCUT2D eigenvalue weighted by molar-refractivity contribution is 0.309. The standard InChI is InChI=1S/C13H16FNO/c1-2-3-4-9-16-13-6-5-12(14)10-11(13)7-8-15/h1,5-6,10H,3-4,7-9,15H2. The third-order valence-electron chi connectivity index (χ3n) is 2.16. The van der Waals surface area contributed by atoms with E-state index in [0.717, 1.165) is 12.0 Å². The van der Waals surface area contributed by atoms with Gasteiger partial charge in [0.05, 0.1) is 6.61 Å². The smallest absolute Gasteiger partial charge is 0.123 e. The lowest BCUT2D eigenvalue weighted by Gasteiger charge is -2.10. The summed E-state index contributed by atoms with van der Waals surface area (Å²) in [4.78, 5) is 0. The van der Waals surface area contributed by atoms with Gasteiger partial charge in [-0.3, -0.25) is 0 Å². The molecule has 86 valence electrons. The summed E-state index contributed by atoms with van der Waals surface area (Å²) in [7, 11) is 0. The number of hydrogen-bond acceptors (Lipinski definition) is 2. The molecular weight excluding hydrogens is 205 g/mol. The van der Waals surface area contributed by atoms with Crippen LogP contribution in [0.2, 0.25) is 0 Å². The molecule has 1 aromatic carbocycles. The van der Waals surface area contributed by atoms with E-state index in [9.17, 15) is 4.39 Å². The summed E-state index contributed by atoms with van der Waals surface area (Å²) in [6.45, 7) is 1.03. The van der Waals surface area contributed by atoms with Gasteiger partial charge in [-0.1, -0.05) is 0 Å². The molecule has 0 aliphatic rings. The highest BCUT2D eigenvalue weighted by molar-refractivity contribution is 5.34. The van der Waals surface area contributed by atoms with E-state index in [4.69, 9.17) is 16.9 Å². The average Bonchev–Trinajstić information content (AvgIpc) is 2.27. The summed E-state index contributed by atoms with van der Waals surface area (Å²) in [6.07, 6.45) is 7.24. The molecule has 0 aliphatic carbocycles. The van der Waals surface area contributed by atoms with Crippen LogP contribution in [-0.4, -0.2) is 13.2 Å². The first kappa shape index (κ1) is 12.5. The van der Waals surface area contributed by atoms with E-state index in [1.165, 1.54) is 12.1 Å². The molecule has 0 spiro atoms. The van der Waals surface area contributed by atoms with Gasteiger partial charge >= 0.3 is 0 Å². The Morgan fingerprint density at radius 1 is 1.44 bits per heavy atom. The van der Waals surface area contributed by atoms with Crippen molar-refractivity contribution in [3.63, 3.8) is 0 Å². The lowest BCUT2D eigenvalue weighted by Crippen LogP contribution is -2.06. The van der Waals surface area contributed by atoms with Gasteiger partial charge in [-0.05, 0) is 43.1 Å². The van der Waals surface area contributed by atoms with E-state index in [-0.39, 0.29) is 5.82 Å². The van der Waals surface area contributed by atoms with E-state index in [0.29, 0.717) is 31.7 Å². The van der Waals surface area contributed by atoms with Crippen molar-refractivity contribution in [1.29, 1.82) is 0 Å². The van der Waals surface area contributed by atoms with Crippen LogP contribution >= 0.6 is 0 Å². The number of ether oxygens (including phenoxy) is 1. The Labute approximate surface area is 95.6 Å². The minimum absolute atomic E-state index is 0.264. The van der Waals surface area contributed by atoms with Gasteiger partial charge in [0.15, 0.2) is 0 Å². The summed E-state index contributed by atoms with van der Waals surface area (Å²) < 4.78 is 18.5. The topological polar surface area (TPSA) is 35.2 Å². The van der Waals surface area contributed by atoms with Gasteiger partial charge in [-0.2, -0.15) is 0 Å². The van der Waals surface area contributed by atoms with Crippen molar-refractivity contribution in [2.75, 3.05) is 13.2 Å². The van der Waals surface area contributed by atoms with Gasteiger partial charge in [-0.15, -0.1) is 12.3 Å². The Morgan fingerprint density at radius 3 is 2.94 bits per heavy atom. The number of rotatable bonds is 6. The molecule has 0 unspecified atom stereocenters. The molecule has 2 nitrogen and oxygen atoms in total. The van der Waals surface area contributed by atoms with Crippen molar-refractivity contribution in [2.24, 2.45) is 5.73 Å². The number of halogens is 1. The van der Waals surface area contributed by atoms with Gasteiger partial charge in [0.1, 0.15) is 11.6 Å². The quantitative estimate of drug-likeness (QED) is 0.590. The number of hydrogen-bond donors (Lipinski definition) is 1. The molecule has 0 radical (unpaired) electrons. The second kappa shape index (κ2) is 6.86. The van der Waals surface area contributed by atoms with Gasteiger partial charge in [0, 0.05) is 6.42 Å². The molecular formula is C13H16FNO. The highest BCUT2D eigenvalue weighted by Crippen LogP contribution is 2.20. The van der Waals surface area contributed by atoms with E-state index < -0.39 is 0 Å². The molecule has 2 N–H and O–H groups in total. The van der Waals surface area contributed by atoms with Crippen LogP contribution in [0.5, 0.6) is 5.75 Å². The van der Waals surface area contributed by atoms with Crippen LogP contribution < -0.4 is 10.5 Å². The van der Waals surface area contributed by atoms with Crippen LogP contribution in [0, 0.1) is 18.2 Å². The van der Waals surface area contributed by atoms with Crippen LogP contribution in [0.25, 0.3) is 0 Å². The van der Waals surface area contributed by atoms with Crippen molar-refractivity contribution in [3.05, 3.63) is 29.6 Å². The van der Waals surface area contributed by atoms with Crippen molar-refractivity contribution in [1.82, 2.24) is 0 Å². The first-order valence-electron chi connectivity index (χ1n) is 5.32. The molecule has 1 aromatic rings. The van der Waals surface area contributed by atoms with Gasteiger partial charge in [0.25, 0.3) is 0 Å². The maximum Gasteiger partial charge on any atom is 0.123 e. The van der Waals surface area contributed by atoms with Crippen molar-refractivity contribution >= 4 is 0 Å². The highest BCUT2D eigenvalue weighted by atomic mass is 19.1. The second-order valence-electron chi connectivity index (χ2n) is 3.45. The molecule has 0 bridgehead atoms. The number of unbranched alkanes of at least 4 members (excludes halogenated alkanes) is 1. The van der Waals surface area contributed by atoms with Crippen LogP contribution in [0.1, 0.15) is 18.4 Å². The zero-order valence-electron chi connectivity index (χ0n) is 9.21. The zero-order chi connectivity index (χ0) is 11.8. The van der Waals surface area contributed by atoms with E-state index in [2.05, 4.69) is 5.92 Å². The Kier molecular flexibility index (Phi) is 5.38. The summed E-state index contributed by atoms with van der Waals surface area (Å²) in [6, 6.07) is 4.48. The predicted octanol–water partition coefficient (Wildman–Crippen LogP) is 2.12. The molecule has 0 heterocycles. The Balaban J connectivity index is 2.60. The zero-order valence-corrected chi connectivity index (χ0v) is 9.21. The molecule has 0 atom stereocenters. The van der Waals surface area contributed by atoms with Crippen LogP contribution in [-0.2, 0) is 6.42 Å². The van der Waals surface area contributed by atoms with Crippen LogP contribution in [0.3, 0.4) is 0 Å². The summed E-state index contributed by atoms with van der Waals surface area (Å²) >= 11 is 0. The third kappa shape index (κ3) is 3.92. The molecule has 0 fully saturated rings. The maximum absolute atomic E-state index is 13.0. The molecule has 0 saturated heterocycles. The van der Waals surface area contributed by atoms with Crippen LogP contribution in [0.4, 0.5) is 4.39 Å². The molecule has 0 amide bonds. The molecule has 1 rings (SSSR count). The molecule has 3 heteroatoms. The Hall–Kier alpha value is -1.53. The number of benzene rings is 1. The normalized spacial score (nSPS) is 9.81. The molecule has 0 aliphatic heterocycles. The Morgan fingerprint density at radius 2 is 2.25 bits per heavy atom. The third-order valence-corrected chi connectivity index (χ3v) is 2.16. The molecule has 16 heavy (non-hydrogen) atoms. The van der Waals surface area contributed by atoms with E-state index >= 15 is 0 Å². The SMILES string of the molecule is C#CCCCOc1ccc(F)cc1CCN. The first-order valence-corrected chi connectivity index (χ1v) is 5.32. The largest absolute Gasteiger partial charge is 0.493 e. The van der Waals surface area contributed by atoms with Crippen molar-refractivity contribution < 1.29 is 9.13 Å². The predicted molar refractivity (Wildman–Crippen MR) is 62.7 cm³/mol. The first-order chi connectivity index (χ1) is 7.77. The van der Waals surface area contributed by atoms with Crippen molar-refractivity contribution in [2.45, 2.75) is 19.3 Å². The second-order valence-corrected chi connectivity index (χ2v) is 3.45. The lowest BCUT2D eigenvalue weighted by atomic mass is 10.1. The molecule has 0 aromatic heterocycles. The van der Waals surface area contributed by atoms with Gasteiger partial charge < -0.3 is 10.5 Å². The van der Waals surface area contributed by atoms with E-state index in [1.807, 2.05) is 0 Å². The van der Waals surface area contributed by atoms with Crippen LogP contribution in [0.15, 0.2) is 18.2 Å². The number of terminal acetylenes is 1. The highest BCUT2D eigenvalue weighted by Gasteiger charge is 2.04. The minimum atomic E-state index is -0.264. The summed E-state index contributed by atoms with van der Waals surface area (Å²) in [5, 5.41) is 0. The fourth-order valence-corrected chi connectivity index (χ4v) is 1.40. The average molecular weight is 221 g/mol. The summed E-state index contributed by atoms with van der Waals surface area (Å²) in [5.41, 5.74) is 6.26. The molecule has 0 saturated carbocycles. The van der Waals surface area contributed by atoms with Gasteiger partial charge in [-0.25, -0.2) is 4.39 Å². The monoisotopic (exact) mass is 221 g/mol. The van der Waals surface area contributed by atoms with Gasteiger partial charge in [0.2, 0.25) is 0 Å². The summed E-state index contributed by atoms with van der Waals surface area (Å²) in [5.74, 6) is 2.98.